The number of benzene rings is 1. The fraction of sp³-hybridized carbons (Fsp3) is 0.533. The number of nitrogens with one attached hydrogen (secondary N) is 2. The first-order valence-corrected chi connectivity index (χ1v) is 7.09. The molecular weight excluding hydrogens is 401 g/mol. The van der Waals surface area contributed by atoms with Gasteiger partial charge in [-0.1, -0.05) is 17.7 Å². The lowest BCUT2D eigenvalue weighted by atomic mass is 10.1. The summed E-state index contributed by atoms with van der Waals surface area (Å²) in [6.07, 6.45) is 0.00647. The molecule has 0 amide bonds. The average molecular weight is 426 g/mol. The molecule has 1 unspecified atom stereocenters. The Morgan fingerprint density at radius 2 is 2.05 bits per heavy atom. The maximum atomic E-state index is 5.93. The fourth-order valence-corrected chi connectivity index (χ4v) is 1.77. The van der Waals surface area contributed by atoms with Crippen molar-refractivity contribution in [3.63, 3.8) is 0 Å². The fourth-order valence-electron chi connectivity index (χ4n) is 1.59. The Balaban J connectivity index is 0.00000400. The van der Waals surface area contributed by atoms with Crippen LogP contribution in [0.25, 0.3) is 0 Å². The van der Waals surface area contributed by atoms with E-state index in [1.54, 1.807) is 13.1 Å². The third kappa shape index (κ3) is 9.03. The topological polar surface area (TPSA) is 45.7 Å². The van der Waals surface area contributed by atoms with Crippen molar-refractivity contribution in [3.05, 3.63) is 29.3 Å². The molecule has 0 aliphatic rings. The van der Waals surface area contributed by atoms with E-state index in [9.17, 15) is 0 Å². The molecule has 0 fully saturated rings. The summed E-state index contributed by atoms with van der Waals surface area (Å²) in [5.41, 5.74) is -0.0289. The van der Waals surface area contributed by atoms with Crippen molar-refractivity contribution >= 4 is 41.5 Å². The monoisotopic (exact) mass is 425 g/mol. The molecular formula is C15H25ClIN3O. The quantitative estimate of drug-likeness (QED) is 0.439. The van der Waals surface area contributed by atoms with E-state index in [2.05, 4.69) is 36.4 Å². The Morgan fingerprint density at radius 1 is 1.38 bits per heavy atom. The maximum absolute atomic E-state index is 5.93. The van der Waals surface area contributed by atoms with E-state index >= 15 is 0 Å². The molecule has 4 nitrogen and oxygen atoms in total. The Morgan fingerprint density at radius 3 is 2.57 bits per heavy atom. The first-order valence-electron chi connectivity index (χ1n) is 6.71. The van der Waals surface area contributed by atoms with E-state index in [1.807, 2.05) is 25.1 Å². The van der Waals surface area contributed by atoms with Gasteiger partial charge in [-0.05, 0) is 45.9 Å². The molecule has 0 heterocycles. The van der Waals surface area contributed by atoms with Crippen molar-refractivity contribution in [2.45, 2.75) is 39.3 Å². The van der Waals surface area contributed by atoms with Gasteiger partial charge >= 0.3 is 0 Å². The van der Waals surface area contributed by atoms with Crippen LogP contribution in [0.3, 0.4) is 0 Å². The van der Waals surface area contributed by atoms with Gasteiger partial charge in [-0.25, -0.2) is 0 Å². The number of ether oxygens (including phenoxy) is 1. The lowest BCUT2D eigenvalue weighted by Gasteiger charge is -2.25. The molecule has 0 aliphatic heterocycles. The zero-order valence-corrected chi connectivity index (χ0v) is 16.3. The molecule has 21 heavy (non-hydrogen) atoms. The zero-order chi connectivity index (χ0) is 15.2. The molecule has 0 spiro atoms. The molecule has 120 valence electrons. The summed E-state index contributed by atoms with van der Waals surface area (Å²) in [7, 11) is 1.75. The van der Waals surface area contributed by atoms with Crippen LogP contribution in [-0.4, -0.2) is 31.2 Å². The minimum atomic E-state index is -0.0289. The number of rotatable bonds is 4. The van der Waals surface area contributed by atoms with Crippen molar-refractivity contribution in [3.8, 4) is 5.75 Å². The lowest BCUT2D eigenvalue weighted by molar-refractivity contribution is 0.223. The van der Waals surface area contributed by atoms with Crippen LogP contribution in [0.1, 0.15) is 27.7 Å². The molecule has 1 atom stereocenters. The van der Waals surface area contributed by atoms with Crippen molar-refractivity contribution in [1.82, 2.24) is 10.6 Å². The minimum Gasteiger partial charge on any atom is -0.489 e. The molecule has 0 aromatic heterocycles. The third-order valence-corrected chi connectivity index (χ3v) is 2.64. The van der Waals surface area contributed by atoms with Gasteiger partial charge in [-0.2, -0.15) is 0 Å². The van der Waals surface area contributed by atoms with Gasteiger partial charge in [-0.15, -0.1) is 24.0 Å². The van der Waals surface area contributed by atoms with E-state index in [1.165, 1.54) is 0 Å². The average Bonchev–Trinajstić information content (AvgIpc) is 2.33. The first kappa shape index (κ1) is 20.3. The number of hydrogen-bond donors (Lipinski definition) is 2. The van der Waals surface area contributed by atoms with Crippen molar-refractivity contribution in [2.75, 3.05) is 13.6 Å². The van der Waals surface area contributed by atoms with Gasteiger partial charge in [0.1, 0.15) is 11.9 Å². The highest BCUT2D eigenvalue weighted by molar-refractivity contribution is 14.0. The van der Waals surface area contributed by atoms with E-state index < -0.39 is 0 Å². The highest BCUT2D eigenvalue weighted by atomic mass is 127. The highest BCUT2D eigenvalue weighted by Gasteiger charge is 2.12. The summed E-state index contributed by atoms with van der Waals surface area (Å²) in [4.78, 5) is 4.18. The van der Waals surface area contributed by atoms with Gasteiger partial charge in [0.25, 0.3) is 0 Å². The lowest BCUT2D eigenvalue weighted by Crippen LogP contribution is -2.49. The van der Waals surface area contributed by atoms with E-state index in [0.29, 0.717) is 11.6 Å². The van der Waals surface area contributed by atoms with Crippen molar-refractivity contribution in [2.24, 2.45) is 4.99 Å². The molecule has 0 saturated carbocycles. The largest absolute Gasteiger partial charge is 0.489 e. The van der Waals surface area contributed by atoms with Crippen LogP contribution in [0.5, 0.6) is 5.75 Å². The summed E-state index contributed by atoms with van der Waals surface area (Å²) in [6.45, 7) is 8.92. The van der Waals surface area contributed by atoms with Crippen molar-refractivity contribution < 1.29 is 4.74 Å². The van der Waals surface area contributed by atoms with Gasteiger partial charge in [0.15, 0.2) is 5.96 Å². The number of aliphatic imine (C=N–C) groups is 1. The molecule has 6 heteroatoms. The Kier molecular flexibility index (Phi) is 9.04. The Labute approximate surface area is 149 Å². The number of nitrogens with zero attached hydrogens (tertiary/aromatic N) is 1. The molecule has 1 rings (SSSR count). The summed E-state index contributed by atoms with van der Waals surface area (Å²) in [6, 6.07) is 7.40. The molecule has 0 bridgehead atoms. The number of halogens is 2. The van der Waals surface area contributed by atoms with E-state index in [-0.39, 0.29) is 35.6 Å². The summed E-state index contributed by atoms with van der Waals surface area (Å²) in [5, 5.41) is 7.21. The highest BCUT2D eigenvalue weighted by Crippen LogP contribution is 2.18. The van der Waals surface area contributed by atoms with Gasteiger partial charge in [0.05, 0.1) is 6.54 Å². The van der Waals surface area contributed by atoms with E-state index in [0.717, 1.165) is 11.7 Å². The third-order valence-electron chi connectivity index (χ3n) is 2.41. The smallest absolute Gasteiger partial charge is 0.191 e. The SMILES string of the molecule is CN=C(NCC(C)Oc1cccc(Cl)c1)NC(C)(C)C.I. The molecule has 0 aliphatic carbocycles. The Bertz CT molecular complexity index is 460. The maximum Gasteiger partial charge on any atom is 0.191 e. The van der Waals surface area contributed by atoms with Gasteiger partial charge in [-0.3, -0.25) is 4.99 Å². The first-order chi connectivity index (χ1) is 9.30. The number of guanidine groups is 1. The standard InChI is InChI=1S/C15H24ClN3O.HI/c1-11(20-13-8-6-7-12(16)9-13)10-18-14(17-5)19-15(2,3)4;/h6-9,11H,10H2,1-5H3,(H2,17,18,19);1H. The summed E-state index contributed by atoms with van der Waals surface area (Å²) >= 11 is 5.93. The summed E-state index contributed by atoms with van der Waals surface area (Å²) in [5.74, 6) is 1.53. The number of hydrogen-bond acceptors (Lipinski definition) is 2. The minimum absolute atomic E-state index is 0. The van der Waals surface area contributed by atoms with Crippen LogP contribution < -0.4 is 15.4 Å². The molecule has 1 aromatic carbocycles. The second kappa shape index (κ2) is 9.35. The second-order valence-corrected chi connectivity index (χ2v) is 6.15. The van der Waals surface area contributed by atoms with E-state index in [4.69, 9.17) is 16.3 Å². The Hall–Kier alpha value is -0.690. The van der Waals surface area contributed by atoms with Crippen LogP contribution in [0, 0.1) is 0 Å². The van der Waals surface area contributed by atoms with Crippen LogP contribution in [-0.2, 0) is 0 Å². The van der Waals surface area contributed by atoms with Gasteiger partial charge in [0, 0.05) is 17.6 Å². The molecule has 0 radical (unpaired) electrons. The van der Waals surface area contributed by atoms with Crippen molar-refractivity contribution in [1.29, 1.82) is 0 Å². The molecule has 1 aromatic rings. The van der Waals surface area contributed by atoms with Crippen LogP contribution >= 0.6 is 35.6 Å². The summed E-state index contributed by atoms with van der Waals surface area (Å²) < 4.78 is 5.79. The van der Waals surface area contributed by atoms with Crippen LogP contribution in [0.2, 0.25) is 5.02 Å². The normalized spacial score (nSPS) is 13.1. The van der Waals surface area contributed by atoms with Crippen LogP contribution in [0.4, 0.5) is 0 Å². The zero-order valence-electron chi connectivity index (χ0n) is 13.2. The van der Waals surface area contributed by atoms with Crippen LogP contribution in [0.15, 0.2) is 29.3 Å². The second-order valence-electron chi connectivity index (χ2n) is 5.71. The van der Waals surface area contributed by atoms with Gasteiger partial charge < -0.3 is 15.4 Å². The predicted octanol–water partition coefficient (Wildman–Crippen LogP) is 3.69. The molecule has 0 saturated heterocycles. The predicted molar refractivity (Wildman–Crippen MR) is 101 cm³/mol. The molecule has 2 N–H and O–H groups in total. The van der Waals surface area contributed by atoms with Gasteiger partial charge in [0.2, 0.25) is 0 Å².